The van der Waals surface area contributed by atoms with Crippen LogP contribution in [0.25, 0.3) is 0 Å². The molecule has 0 spiro atoms. The number of fused-ring (bicyclic) bond motifs is 1. The molecule has 0 amide bonds. The quantitative estimate of drug-likeness (QED) is 0.833. The summed E-state index contributed by atoms with van der Waals surface area (Å²) >= 11 is 0. The number of anilines is 1. The van der Waals surface area contributed by atoms with Gasteiger partial charge in [0.25, 0.3) is 0 Å². The van der Waals surface area contributed by atoms with Crippen molar-refractivity contribution in [2.24, 2.45) is 5.92 Å². The number of hydrogen-bond donors (Lipinski definition) is 1. The number of hydrogen-bond acceptors (Lipinski definition) is 4. The molecule has 2 heterocycles. The van der Waals surface area contributed by atoms with E-state index in [1.54, 1.807) is 6.33 Å². The van der Waals surface area contributed by atoms with Gasteiger partial charge in [0.1, 0.15) is 12.1 Å². The summed E-state index contributed by atoms with van der Waals surface area (Å²) in [6.07, 6.45) is 7.42. The number of aliphatic hydroxyl groups excluding tert-OH is 1. The highest BCUT2D eigenvalue weighted by Gasteiger charge is 2.25. The summed E-state index contributed by atoms with van der Waals surface area (Å²) in [6.45, 7) is 2.31. The number of aromatic nitrogens is 2. The fourth-order valence-electron chi connectivity index (χ4n) is 3.02. The SMILES string of the molecule is OCC1CCCN(c2ncnc3c2CCC3)C1. The first-order valence-electron chi connectivity index (χ1n) is 6.57. The van der Waals surface area contributed by atoms with E-state index in [4.69, 9.17) is 0 Å². The van der Waals surface area contributed by atoms with Crippen LogP contribution in [-0.2, 0) is 12.8 Å². The van der Waals surface area contributed by atoms with Crippen molar-refractivity contribution in [3.8, 4) is 0 Å². The van der Waals surface area contributed by atoms with E-state index >= 15 is 0 Å². The van der Waals surface area contributed by atoms with Crippen LogP contribution in [-0.4, -0.2) is 34.8 Å². The molecule has 1 unspecified atom stereocenters. The zero-order valence-corrected chi connectivity index (χ0v) is 10.1. The summed E-state index contributed by atoms with van der Waals surface area (Å²) in [6, 6.07) is 0. The van der Waals surface area contributed by atoms with E-state index < -0.39 is 0 Å². The molecule has 4 heteroatoms. The van der Waals surface area contributed by atoms with E-state index in [9.17, 15) is 5.11 Å². The molecule has 92 valence electrons. The second kappa shape index (κ2) is 4.61. The lowest BCUT2D eigenvalue weighted by atomic mass is 9.98. The molecule has 1 fully saturated rings. The van der Waals surface area contributed by atoms with Gasteiger partial charge in [-0.05, 0) is 38.0 Å². The highest BCUT2D eigenvalue weighted by atomic mass is 16.3. The topological polar surface area (TPSA) is 49.2 Å². The molecule has 1 aliphatic carbocycles. The minimum absolute atomic E-state index is 0.295. The monoisotopic (exact) mass is 233 g/mol. The molecule has 17 heavy (non-hydrogen) atoms. The molecular formula is C13H19N3O. The number of nitrogens with zero attached hydrogens (tertiary/aromatic N) is 3. The second-order valence-electron chi connectivity index (χ2n) is 5.11. The molecule has 0 bridgehead atoms. The lowest BCUT2D eigenvalue weighted by Crippen LogP contribution is -2.37. The van der Waals surface area contributed by atoms with Gasteiger partial charge >= 0.3 is 0 Å². The molecule has 1 atom stereocenters. The van der Waals surface area contributed by atoms with Crippen molar-refractivity contribution in [1.29, 1.82) is 0 Å². The predicted molar refractivity (Wildman–Crippen MR) is 66.1 cm³/mol. The Kier molecular flexibility index (Phi) is 2.97. The highest BCUT2D eigenvalue weighted by molar-refractivity contribution is 5.50. The summed E-state index contributed by atoms with van der Waals surface area (Å²) in [5.41, 5.74) is 2.59. The maximum absolute atomic E-state index is 9.29. The third-order valence-electron chi connectivity index (χ3n) is 3.93. The Morgan fingerprint density at radius 1 is 1.29 bits per heavy atom. The summed E-state index contributed by atoms with van der Waals surface area (Å²) in [5.74, 6) is 1.54. The summed E-state index contributed by atoms with van der Waals surface area (Å²) in [4.78, 5) is 11.2. The minimum Gasteiger partial charge on any atom is -0.396 e. The summed E-state index contributed by atoms with van der Waals surface area (Å²) < 4.78 is 0. The van der Waals surface area contributed by atoms with Crippen LogP contribution >= 0.6 is 0 Å². The van der Waals surface area contributed by atoms with Crippen LogP contribution < -0.4 is 4.90 Å². The van der Waals surface area contributed by atoms with E-state index in [2.05, 4.69) is 14.9 Å². The zero-order chi connectivity index (χ0) is 11.7. The van der Waals surface area contributed by atoms with Crippen molar-refractivity contribution in [2.75, 3.05) is 24.6 Å². The van der Waals surface area contributed by atoms with Crippen LogP contribution in [0.4, 0.5) is 5.82 Å². The van der Waals surface area contributed by atoms with Gasteiger partial charge in [0.2, 0.25) is 0 Å². The van der Waals surface area contributed by atoms with Gasteiger partial charge in [-0.15, -0.1) is 0 Å². The number of piperidine rings is 1. The third kappa shape index (κ3) is 2.02. The highest BCUT2D eigenvalue weighted by Crippen LogP contribution is 2.30. The summed E-state index contributed by atoms with van der Waals surface area (Å²) in [7, 11) is 0. The zero-order valence-electron chi connectivity index (χ0n) is 10.1. The second-order valence-corrected chi connectivity index (χ2v) is 5.11. The van der Waals surface area contributed by atoms with Gasteiger partial charge in [0.05, 0.1) is 0 Å². The van der Waals surface area contributed by atoms with E-state index in [0.717, 1.165) is 44.6 Å². The predicted octanol–water partition coefficient (Wildman–Crippen LogP) is 1.17. The van der Waals surface area contributed by atoms with Gasteiger partial charge < -0.3 is 10.0 Å². The van der Waals surface area contributed by atoms with Crippen molar-refractivity contribution in [2.45, 2.75) is 32.1 Å². The van der Waals surface area contributed by atoms with Gasteiger partial charge in [-0.2, -0.15) is 0 Å². The molecular weight excluding hydrogens is 214 g/mol. The molecule has 1 N–H and O–H groups in total. The van der Waals surface area contributed by atoms with Crippen molar-refractivity contribution >= 4 is 5.82 Å². The van der Waals surface area contributed by atoms with Crippen LogP contribution in [0.5, 0.6) is 0 Å². The van der Waals surface area contributed by atoms with E-state index in [-0.39, 0.29) is 0 Å². The molecule has 1 aliphatic heterocycles. The fraction of sp³-hybridized carbons (Fsp3) is 0.692. The van der Waals surface area contributed by atoms with Crippen LogP contribution in [0, 0.1) is 5.92 Å². The molecule has 0 saturated carbocycles. The smallest absolute Gasteiger partial charge is 0.135 e. The van der Waals surface area contributed by atoms with Gasteiger partial charge in [-0.3, -0.25) is 0 Å². The molecule has 0 aromatic carbocycles. The molecule has 3 rings (SSSR count). The first-order chi connectivity index (χ1) is 8.38. The van der Waals surface area contributed by atoms with Crippen LogP contribution in [0.1, 0.15) is 30.5 Å². The Morgan fingerprint density at radius 3 is 3.12 bits per heavy atom. The molecule has 1 saturated heterocycles. The Hall–Kier alpha value is -1.16. The van der Waals surface area contributed by atoms with Crippen molar-refractivity contribution in [3.05, 3.63) is 17.6 Å². The maximum atomic E-state index is 9.29. The Balaban J connectivity index is 1.86. The first kappa shape index (κ1) is 11.0. The van der Waals surface area contributed by atoms with Gasteiger partial charge in [0, 0.05) is 31.0 Å². The Labute approximate surface area is 102 Å². The first-order valence-corrected chi connectivity index (χ1v) is 6.57. The van der Waals surface area contributed by atoms with Gasteiger partial charge in [0.15, 0.2) is 0 Å². The molecule has 2 aliphatic rings. The maximum Gasteiger partial charge on any atom is 0.135 e. The van der Waals surface area contributed by atoms with Gasteiger partial charge in [-0.25, -0.2) is 9.97 Å². The standard InChI is InChI=1S/C13H19N3O/c17-8-10-3-2-6-16(7-10)13-11-4-1-5-12(11)14-9-15-13/h9-10,17H,1-8H2. The van der Waals surface area contributed by atoms with E-state index in [1.165, 1.54) is 17.7 Å². The molecule has 1 aromatic rings. The van der Waals surface area contributed by atoms with Crippen LogP contribution in [0.2, 0.25) is 0 Å². The number of aryl methyl sites for hydroxylation is 1. The lowest BCUT2D eigenvalue weighted by molar-refractivity contribution is 0.208. The molecule has 4 nitrogen and oxygen atoms in total. The van der Waals surface area contributed by atoms with Crippen molar-refractivity contribution in [3.63, 3.8) is 0 Å². The molecule has 0 radical (unpaired) electrons. The normalized spacial score (nSPS) is 23.8. The average Bonchev–Trinajstić information content (AvgIpc) is 2.87. The van der Waals surface area contributed by atoms with Crippen LogP contribution in [0.3, 0.4) is 0 Å². The van der Waals surface area contributed by atoms with Crippen molar-refractivity contribution in [1.82, 2.24) is 9.97 Å². The Morgan fingerprint density at radius 2 is 2.24 bits per heavy atom. The summed E-state index contributed by atoms with van der Waals surface area (Å²) in [5, 5.41) is 9.29. The fourth-order valence-corrected chi connectivity index (χ4v) is 3.02. The largest absolute Gasteiger partial charge is 0.396 e. The number of aliphatic hydroxyl groups is 1. The third-order valence-corrected chi connectivity index (χ3v) is 3.93. The average molecular weight is 233 g/mol. The van der Waals surface area contributed by atoms with Crippen LogP contribution in [0.15, 0.2) is 6.33 Å². The minimum atomic E-state index is 0.295. The molecule has 1 aromatic heterocycles. The van der Waals surface area contributed by atoms with E-state index in [1.807, 2.05) is 0 Å². The lowest BCUT2D eigenvalue weighted by Gasteiger charge is -2.33. The van der Waals surface area contributed by atoms with Crippen molar-refractivity contribution < 1.29 is 5.11 Å². The number of rotatable bonds is 2. The van der Waals surface area contributed by atoms with Gasteiger partial charge in [-0.1, -0.05) is 0 Å². The van der Waals surface area contributed by atoms with E-state index in [0.29, 0.717) is 12.5 Å². The Bertz CT molecular complexity index is 408.